The second-order valence-corrected chi connectivity index (χ2v) is 11.0. The number of nitrogens with zero attached hydrogens (tertiary/aromatic N) is 3. The normalized spacial score (nSPS) is 19.3. The van der Waals surface area contributed by atoms with Crippen LogP contribution in [0.5, 0.6) is 0 Å². The van der Waals surface area contributed by atoms with Crippen LogP contribution in [-0.2, 0) is 17.1 Å². The van der Waals surface area contributed by atoms with E-state index < -0.39 is 21.7 Å². The maximum absolute atomic E-state index is 14.1. The number of imidazole rings is 1. The average Bonchev–Trinajstić information content (AvgIpc) is 3.42. The second-order valence-electron chi connectivity index (χ2n) is 8.71. The van der Waals surface area contributed by atoms with Gasteiger partial charge in [0.2, 0.25) is 0 Å². The lowest BCUT2D eigenvalue weighted by Crippen LogP contribution is -2.48. The van der Waals surface area contributed by atoms with Gasteiger partial charge in [0, 0.05) is 32.9 Å². The van der Waals surface area contributed by atoms with Crippen LogP contribution in [-0.4, -0.2) is 47.8 Å². The number of carbonyl (C=O) groups excluding carboxylic acids is 1. The van der Waals surface area contributed by atoms with Gasteiger partial charge in [0.05, 0.1) is 16.9 Å². The van der Waals surface area contributed by atoms with Gasteiger partial charge in [-0.05, 0) is 42.7 Å². The fraction of sp³-hybridized carbons (Fsp3) is 0.524. The summed E-state index contributed by atoms with van der Waals surface area (Å²) in [6, 6.07) is 4.16. The van der Waals surface area contributed by atoms with Crippen molar-refractivity contribution in [2.24, 2.45) is 18.4 Å². The van der Waals surface area contributed by atoms with E-state index in [2.05, 4.69) is 10.3 Å². The molecule has 31 heavy (non-hydrogen) atoms. The molecule has 168 valence electrons. The Kier molecular flexibility index (Phi) is 6.11. The van der Waals surface area contributed by atoms with Crippen molar-refractivity contribution in [1.29, 1.82) is 0 Å². The first-order chi connectivity index (χ1) is 14.7. The van der Waals surface area contributed by atoms with Crippen LogP contribution in [0, 0.1) is 17.2 Å². The number of nitrogens with one attached hydrogen (secondary N) is 1. The fourth-order valence-electron chi connectivity index (χ4n) is 4.31. The molecule has 2 heterocycles. The molecule has 0 spiro atoms. The van der Waals surface area contributed by atoms with E-state index in [1.165, 1.54) is 35.0 Å². The summed E-state index contributed by atoms with van der Waals surface area (Å²) in [5.41, 5.74) is -0.370. The zero-order valence-electron chi connectivity index (χ0n) is 17.4. The quantitative estimate of drug-likeness (QED) is 0.676. The summed E-state index contributed by atoms with van der Waals surface area (Å²) in [6.45, 7) is 1.09. The van der Waals surface area contributed by atoms with Crippen LogP contribution < -0.4 is 5.32 Å². The first kappa shape index (κ1) is 22.2. The lowest BCUT2D eigenvalue weighted by atomic mass is 9.74. The lowest BCUT2D eigenvalue weighted by Gasteiger charge is -2.41. The van der Waals surface area contributed by atoms with E-state index in [4.69, 9.17) is 11.6 Å². The lowest BCUT2D eigenvalue weighted by molar-refractivity contribution is 0.0867. The number of hydrogen-bond donors (Lipinski definition) is 1. The minimum atomic E-state index is -3.64. The van der Waals surface area contributed by atoms with Crippen molar-refractivity contribution in [3.63, 3.8) is 0 Å². The van der Waals surface area contributed by atoms with Crippen LogP contribution in [0.3, 0.4) is 0 Å². The smallest absolute Gasteiger partial charge is 0.262 e. The van der Waals surface area contributed by atoms with Crippen molar-refractivity contribution in [1.82, 2.24) is 19.2 Å². The Morgan fingerprint density at radius 2 is 2.03 bits per heavy atom. The number of hydrogen-bond acceptors (Lipinski definition) is 4. The maximum atomic E-state index is 14.1. The number of sulfonamides is 1. The maximum Gasteiger partial charge on any atom is 0.262 e. The summed E-state index contributed by atoms with van der Waals surface area (Å²) in [5.74, 6) is -0.591. The summed E-state index contributed by atoms with van der Waals surface area (Å²) in [4.78, 5) is 16.6. The molecule has 1 amide bonds. The third kappa shape index (κ3) is 4.78. The van der Waals surface area contributed by atoms with Crippen molar-refractivity contribution < 1.29 is 17.6 Å². The van der Waals surface area contributed by atoms with Gasteiger partial charge < -0.3 is 9.88 Å². The first-order valence-corrected chi connectivity index (χ1v) is 12.2. The Morgan fingerprint density at radius 1 is 1.32 bits per heavy atom. The molecule has 0 bridgehead atoms. The summed E-state index contributed by atoms with van der Waals surface area (Å²) < 4.78 is 43.0. The summed E-state index contributed by atoms with van der Waals surface area (Å²) in [5, 5.41) is 2.99. The standard InChI is InChI=1S/C21H26ClFN4O3S/c1-26-12-18(25-14-26)31(29,30)27-9-7-21(8-10-27,11-15-5-6-15)13-24-20(28)19-16(22)3-2-4-17(19)23/h2-4,12,14-15H,5-11,13H2,1H3,(H,24,28). The minimum Gasteiger partial charge on any atom is -0.351 e. The zero-order valence-corrected chi connectivity index (χ0v) is 18.9. The van der Waals surface area contributed by atoms with Crippen LogP contribution in [0.15, 0.2) is 35.7 Å². The summed E-state index contributed by atoms with van der Waals surface area (Å²) >= 11 is 6.02. The highest BCUT2D eigenvalue weighted by atomic mass is 35.5. The van der Waals surface area contributed by atoms with E-state index >= 15 is 0 Å². The van der Waals surface area contributed by atoms with E-state index in [1.807, 2.05) is 0 Å². The van der Waals surface area contributed by atoms with Crippen LogP contribution in [0.25, 0.3) is 0 Å². The molecule has 7 nitrogen and oxygen atoms in total. The second kappa shape index (κ2) is 8.52. The number of benzene rings is 1. The van der Waals surface area contributed by atoms with Gasteiger partial charge in [0.1, 0.15) is 5.82 Å². The Hall–Kier alpha value is -1.97. The van der Waals surface area contributed by atoms with Gasteiger partial charge >= 0.3 is 0 Å². The molecule has 4 rings (SSSR count). The molecule has 0 atom stereocenters. The van der Waals surface area contributed by atoms with E-state index in [0.717, 1.165) is 19.3 Å². The molecule has 2 fully saturated rings. The van der Waals surface area contributed by atoms with Crippen LogP contribution in [0.4, 0.5) is 4.39 Å². The van der Waals surface area contributed by atoms with Crippen molar-refractivity contribution in [3.8, 4) is 0 Å². The third-order valence-electron chi connectivity index (χ3n) is 6.30. The Bertz CT molecular complexity index is 1060. The number of piperidine rings is 1. The molecule has 1 saturated carbocycles. The number of halogens is 2. The minimum absolute atomic E-state index is 0.0483. The highest BCUT2D eigenvalue weighted by Crippen LogP contribution is 2.46. The van der Waals surface area contributed by atoms with Crippen molar-refractivity contribution >= 4 is 27.5 Å². The van der Waals surface area contributed by atoms with E-state index in [-0.39, 0.29) is 21.0 Å². The Morgan fingerprint density at radius 3 is 2.61 bits per heavy atom. The van der Waals surface area contributed by atoms with Gasteiger partial charge in [0.25, 0.3) is 15.9 Å². The van der Waals surface area contributed by atoms with Crippen LogP contribution >= 0.6 is 11.6 Å². The topological polar surface area (TPSA) is 84.3 Å². The summed E-state index contributed by atoms with van der Waals surface area (Å²) in [6.07, 6.45) is 7.46. The highest BCUT2D eigenvalue weighted by Gasteiger charge is 2.42. The molecule has 1 saturated heterocycles. The molecule has 2 aromatic rings. The number of rotatable bonds is 7. The molecule has 10 heteroatoms. The first-order valence-electron chi connectivity index (χ1n) is 10.4. The van der Waals surface area contributed by atoms with Gasteiger partial charge in [-0.25, -0.2) is 17.8 Å². The molecule has 2 aliphatic rings. The zero-order chi connectivity index (χ0) is 22.2. The Balaban J connectivity index is 1.45. The van der Waals surface area contributed by atoms with Crippen LogP contribution in [0.1, 0.15) is 42.5 Å². The van der Waals surface area contributed by atoms with Gasteiger partial charge in [-0.3, -0.25) is 4.79 Å². The van der Waals surface area contributed by atoms with Crippen molar-refractivity contribution in [2.75, 3.05) is 19.6 Å². The fourth-order valence-corrected chi connectivity index (χ4v) is 5.97. The van der Waals surface area contributed by atoms with Crippen molar-refractivity contribution in [2.45, 2.75) is 37.1 Å². The molecule has 0 unspecified atom stereocenters. The van der Waals surface area contributed by atoms with Crippen molar-refractivity contribution in [3.05, 3.63) is 47.1 Å². The highest BCUT2D eigenvalue weighted by molar-refractivity contribution is 7.89. The molecule has 1 N–H and O–H groups in total. The van der Waals surface area contributed by atoms with E-state index in [0.29, 0.717) is 38.4 Å². The molecular weight excluding hydrogens is 443 g/mol. The summed E-state index contributed by atoms with van der Waals surface area (Å²) in [7, 11) is -1.91. The van der Waals surface area contributed by atoms with Gasteiger partial charge in [-0.15, -0.1) is 0 Å². The predicted octanol–water partition coefficient (Wildman–Crippen LogP) is 3.21. The van der Waals surface area contributed by atoms with Crippen LogP contribution in [0.2, 0.25) is 5.02 Å². The van der Waals surface area contributed by atoms with Gasteiger partial charge in [-0.1, -0.05) is 30.5 Å². The van der Waals surface area contributed by atoms with Gasteiger partial charge in [-0.2, -0.15) is 4.31 Å². The molecule has 0 radical (unpaired) electrons. The third-order valence-corrected chi connectivity index (χ3v) is 8.40. The van der Waals surface area contributed by atoms with E-state index in [9.17, 15) is 17.6 Å². The van der Waals surface area contributed by atoms with Gasteiger partial charge in [0.15, 0.2) is 5.03 Å². The SMILES string of the molecule is Cn1cnc(S(=O)(=O)N2CCC(CNC(=O)c3c(F)cccc3Cl)(CC3CC3)CC2)c1. The monoisotopic (exact) mass is 468 g/mol. The number of aryl methyl sites for hydroxylation is 1. The number of carbonyl (C=O) groups is 1. The molecular formula is C21H26ClFN4O3S. The predicted molar refractivity (Wildman–Crippen MR) is 115 cm³/mol. The molecule has 1 aliphatic carbocycles. The van der Waals surface area contributed by atoms with E-state index in [1.54, 1.807) is 11.6 Å². The molecule has 1 aromatic heterocycles. The number of aromatic nitrogens is 2. The molecule has 1 aromatic carbocycles. The molecule has 1 aliphatic heterocycles. The largest absolute Gasteiger partial charge is 0.351 e. The number of amides is 1. The Labute approximate surface area is 186 Å². The average molecular weight is 469 g/mol.